The third-order valence-electron chi connectivity index (χ3n) is 5.35. The maximum Gasteiger partial charge on any atom is 0.222 e. The van der Waals surface area contributed by atoms with Crippen molar-refractivity contribution in [3.05, 3.63) is 35.4 Å². The lowest BCUT2D eigenvalue weighted by atomic mass is 9.86. The number of nitrogens with zero attached hydrogens (tertiary/aromatic N) is 2. The third-order valence-corrected chi connectivity index (χ3v) is 5.35. The molecule has 1 amide bonds. The third kappa shape index (κ3) is 3.77. The summed E-state index contributed by atoms with van der Waals surface area (Å²) in [4.78, 5) is 16.4. The van der Waals surface area contributed by atoms with Gasteiger partial charge in [-0.2, -0.15) is 0 Å². The number of likely N-dealkylation sites (tertiary alicyclic amines) is 2. The van der Waals surface area contributed by atoms with Crippen molar-refractivity contribution in [1.82, 2.24) is 9.80 Å². The smallest absolute Gasteiger partial charge is 0.222 e. The average molecular weight is 314 g/mol. The van der Waals surface area contributed by atoms with Gasteiger partial charge in [0.05, 0.1) is 0 Å². The van der Waals surface area contributed by atoms with E-state index in [0.717, 1.165) is 39.0 Å². The summed E-state index contributed by atoms with van der Waals surface area (Å²) in [5.74, 6) is 0.343. The van der Waals surface area contributed by atoms with E-state index in [0.29, 0.717) is 11.9 Å². The molecular weight excluding hydrogens is 284 g/mol. The molecule has 0 aliphatic carbocycles. The summed E-state index contributed by atoms with van der Waals surface area (Å²) >= 11 is 0. The Kier molecular flexibility index (Phi) is 4.77. The number of rotatable bonds is 4. The molecule has 0 radical (unpaired) electrons. The van der Waals surface area contributed by atoms with Crippen molar-refractivity contribution >= 4 is 5.91 Å². The zero-order chi connectivity index (χ0) is 16.4. The molecule has 0 spiro atoms. The van der Waals surface area contributed by atoms with E-state index in [4.69, 9.17) is 0 Å². The first-order valence-electron chi connectivity index (χ1n) is 9.07. The highest BCUT2D eigenvalue weighted by atomic mass is 16.2. The lowest BCUT2D eigenvalue weighted by molar-refractivity contribution is -0.127. The van der Waals surface area contributed by atoms with Gasteiger partial charge in [-0.05, 0) is 42.3 Å². The summed E-state index contributed by atoms with van der Waals surface area (Å²) in [6, 6.07) is 9.72. The molecule has 23 heavy (non-hydrogen) atoms. The summed E-state index contributed by atoms with van der Waals surface area (Å²) in [6.45, 7) is 10.8. The van der Waals surface area contributed by atoms with Crippen LogP contribution in [0.3, 0.4) is 0 Å². The van der Waals surface area contributed by atoms with E-state index in [9.17, 15) is 4.79 Å². The molecule has 2 saturated heterocycles. The van der Waals surface area contributed by atoms with Crippen molar-refractivity contribution in [3.8, 4) is 0 Å². The minimum absolute atomic E-state index is 0.212. The highest BCUT2D eigenvalue weighted by Gasteiger charge is 2.28. The normalized spacial score (nSPS) is 23.0. The van der Waals surface area contributed by atoms with E-state index in [2.05, 4.69) is 49.9 Å². The highest BCUT2D eigenvalue weighted by molar-refractivity contribution is 5.78. The number of benzene rings is 1. The van der Waals surface area contributed by atoms with Crippen molar-refractivity contribution in [2.45, 2.75) is 57.9 Å². The minimum Gasteiger partial charge on any atom is -0.341 e. The fraction of sp³-hybridized carbons (Fsp3) is 0.650. The second-order valence-corrected chi connectivity index (χ2v) is 8.05. The predicted molar refractivity (Wildman–Crippen MR) is 94.5 cm³/mol. The van der Waals surface area contributed by atoms with Gasteiger partial charge in [0, 0.05) is 32.1 Å². The summed E-state index contributed by atoms with van der Waals surface area (Å²) in [7, 11) is 0. The Morgan fingerprint density at radius 3 is 2.39 bits per heavy atom. The van der Waals surface area contributed by atoms with E-state index in [-0.39, 0.29) is 5.41 Å². The van der Waals surface area contributed by atoms with Crippen LogP contribution in [0.4, 0.5) is 0 Å². The van der Waals surface area contributed by atoms with Crippen molar-refractivity contribution in [1.29, 1.82) is 0 Å². The molecule has 2 aliphatic heterocycles. The van der Waals surface area contributed by atoms with Crippen molar-refractivity contribution in [3.63, 3.8) is 0 Å². The van der Waals surface area contributed by atoms with Crippen LogP contribution in [0, 0.1) is 0 Å². The molecule has 0 N–H and O–H groups in total. The SMILES string of the molecule is CC(C)(C)c1ccc(C2CCCN2CCN2CCCC2=O)cc1. The largest absolute Gasteiger partial charge is 0.341 e. The lowest BCUT2D eigenvalue weighted by Gasteiger charge is -2.28. The summed E-state index contributed by atoms with van der Waals surface area (Å²) in [6.07, 6.45) is 4.29. The van der Waals surface area contributed by atoms with Crippen LogP contribution in [0.25, 0.3) is 0 Å². The van der Waals surface area contributed by atoms with Crippen LogP contribution in [-0.4, -0.2) is 41.9 Å². The summed E-state index contributed by atoms with van der Waals surface area (Å²) in [5.41, 5.74) is 3.04. The Labute approximate surface area is 140 Å². The van der Waals surface area contributed by atoms with Gasteiger partial charge < -0.3 is 4.90 Å². The Morgan fingerprint density at radius 1 is 1.04 bits per heavy atom. The number of hydrogen-bond donors (Lipinski definition) is 0. The molecule has 0 saturated carbocycles. The van der Waals surface area contributed by atoms with Gasteiger partial charge in [0.1, 0.15) is 0 Å². The Bertz CT molecular complexity index is 544. The number of carbonyl (C=O) groups is 1. The van der Waals surface area contributed by atoms with Gasteiger partial charge in [-0.1, -0.05) is 45.0 Å². The van der Waals surface area contributed by atoms with Gasteiger partial charge in [0.25, 0.3) is 0 Å². The average Bonchev–Trinajstić information content (AvgIpc) is 3.13. The van der Waals surface area contributed by atoms with E-state index in [1.165, 1.54) is 24.0 Å². The Balaban J connectivity index is 1.63. The van der Waals surface area contributed by atoms with Crippen LogP contribution in [-0.2, 0) is 10.2 Å². The predicted octanol–water partition coefficient (Wildman–Crippen LogP) is 3.74. The van der Waals surface area contributed by atoms with Gasteiger partial charge in [-0.15, -0.1) is 0 Å². The van der Waals surface area contributed by atoms with Crippen molar-refractivity contribution < 1.29 is 4.79 Å². The monoisotopic (exact) mass is 314 g/mol. The minimum atomic E-state index is 0.212. The molecule has 126 valence electrons. The van der Waals surface area contributed by atoms with Crippen LogP contribution in [0.15, 0.2) is 24.3 Å². The molecule has 2 aliphatic rings. The lowest BCUT2D eigenvalue weighted by Crippen LogP contribution is -2.35. The van der Waals surface area contributed by atoms with Gasteiger partial charge in [0.2, 0.25) is 5.91 Å². The second-order valence-electron chi connectivity index (χ2n) is 8.05. The maximum atomic E-state index is 11.8. The highest BCUT2D eigenvalue weighted by Crippen LogP contribution is 2.33. The van der Waals surface area contributed by atoms with Crippen molar-refractivity contribution in [2.24, 2.45) is 0 Å². The molecule has 1 unspecified atom stereocenters. The summed E-state index contributed by atoms with van der Waals surface area (Å²) in [5, 5.41) is 0. The number of amides is 1. The van der Waals surface area contributed by atoms with Gasteiger partial charge in [0.15, 0.2) is 0 Å². The molecule has 0 aromatic heterocycles. The van der Waals surface area contributed by atoms with Gasteiger partial charge >= 0.3 is 0 Å². The quantitative estimate of drug-likeness (QED) is 0.845. The Morgan fingerprint density at radius 2 is 1.78 bits per heavy atom. The summed E-state index contributed by atoms with van der Waals surface area (Å²) < 4.78 is 0. The first kappa shape index (κ1) is 16.5. The van der Waals surface area contributed by atoms with Crippen LogP contribution in [0.2, 0.25) is 0 Å². The number of carbonyl (C=O) groups excluding carboxylic acids is 1. The molecular formula is C20H30N2O. The zero-order valence-corrected chi connectivity index (χ0v) is 14.8. The van der Waals surface area contributed by atoms with E-state index in [1.54, 1.807) is 0 Å². The Hall–Kier alpha value is -1.35. The molecule has 1 aromatic carbocycles. The second kappa shape index (κ2) is 6.64. The van der Waals surface area contributed by atoms with Crippen LogP contribution in [0.1, 0.15) is 63.6 Å². The molecule has 1 atom stereocenters. The van der Waals surface area contributed by atoms with Crippen LogP contribution in [0.5, 0.6) is 0 Å². The molecule has 3 nitrogen and oxygen atoms in total. The number of hydrogen-bond acceptors (Lipinski definition) is 2. The van der Waals surface area contributed by atoms with Crippen molar-refractivity contribution in [2.75, 3.05) is 26.2 Å². The first-order valence-corrected chi connectivity index (χ1v) is 9.07. The molecule has 0 bridgehead atoms. The van der Waals surface area contributed by atoms with E-state index < -0.39 is 0 Å². The standard InChI is InChI=1S/C20H30N2O/c1-20(2,3)17-10-8-16(9-11-17)18-6-4-12-21(18)14-15-22-13-5-7-19(22)23/h8-11,18H,4-7,12-15H2,1-3H3. The molecule has 2 heterocycles. The van der Waals surface area contributed by atoms with Gasteiger partial charge in [-0.25, -0.2) is 0 Å². The van der Waals surface area contributed by atoms with Crippen LogP contribution >= 0.6 is 0 Å². The molecule has 2 fully saturated rings. The van der Waals surface area contributed by atoms with E-state index >= 15 is 0 Å². The molecule has 3 rings (SSSR count). The first-order chi connectivity index (χ1) is 10.9. The topological polar surface area (TPSA) is 23.6 Å². The zero-order valence-electron chi connectivity index (χ0n) is 14.8. The fourth-order valence-electron chi connectivity index (χ4n) is 3.87. The van der Waals surface area contributed by atoms with Crippen LogP contribution < -0.4 is 0 Å². The molecule has 3 heteroatoms. The van der Waals surface area contributed by atoms with Gasteiger partial charge in [-0.3, -0.25) is 9.69 Å². The fourth-order valence-corrected chi connectivity index (χ4v) is 3.87. The molecule has 1 aromatic rings. The maximum absolute atomic E-state index is 11.8. The van der Waals surface area contributed by atoms with E-state index in [1.807, 2.05) is 4.90 Å².